The van der Waals surface area contributed by atoms with Gasteiger partial charge in [-0.05, 0) is 0 Å². The second kappa shape index (κ2) is 7.87. The van der Waals surface area contributed by atoms with Crippen molar-refractivity contribution in [3.63, 3.8) is 0 Å². The number of hydrogen-bond acceptors (Lipinski definition) is 12. The van der Waals surface area contributed by atoms with Crippen LogP contribution in [0.5, 0.6) is 0 Å². The molecule has 3 rings (SSSR count). The van der Waals surface area contributed by atoms with Gasteiger partial charge >= 0.3 is 0 Å². The molecule has 1 aliphatic heterocycles. The number of nitrogens with one attached hydrogen (secondary N) is 1. The highest BCUT2D eigenvalue weighted by Gasteiger charge is 2.42. The monoisotopic (exact) mass is 461 g/mol. The zero-order chi connectivity index (χ0) is 22.4. The van der Waals surface area contributed by atoms with E-state index < -0.39 is 64.0 Å². The Bertz CT molecular complexity index is 1040. The van der Waals surface area contributed by atoms with Gasteiger partial charge in [0.2, 0.25) is 5.95 Å². The van der Waals surface area contributed by atoms with Crippen LogP contribution in [0.25, 0.3) is 11.2 Å². The van der Waals surface area contributed by atoms with Gasteiger partial charge in [-0.2, -0.15) is 12.9 Å². The van der Waals surface area contributed by atoms with Crippen LogP contribution in [0.1, 0.15) is 6.04 Å². The van der Waals surface area contributed by atoms with Crippen molar-refractivity contribution in [2.45, 2.75) is 6.04 Å². The summed E-state index contributed by atoms with van der Waals surface area (Å²) in [5.74, 6) is -3.54. The molecule has 1 fully saturated rings. The number of aromatic nitrogens is 4. The summed E-state index contributed by atoms with van der Waals surface area (Å²) in [5, 5.41) is 0. The lowest BCUT2D eigenvalue weighted by Gasteiger charge is -2.42. The number of rotatable bonds is 6. The molecule has 1 saturated heterocycles. The summed E-state index contributed by atoms with van der Waals surface area (Å²) in [6.45, 7) is -0.711. The van der Waals surface area contributed by atoms with Crippen molar-refractivity contribution in [2.75, 3.05) is 31.1 Å². The van der Waals surface area contributed by atoms with E-state index in [1.54, 1.807) is 0 Å². The molecule has 0 spiro atoms. The number of anilines is 1. The lowest BCUT2D eigenvalue weighted by Crippen LogP contribution is -2.41. The quantitative estimate of drug-likeness (QED) is 0.339. The fourth-order valence-electron chi connectivity index (χ4n) is 3.35. The summed E-state index contributed by atoms with van der Waals surface area (Å²) >= 11 is 0. The van der Waals surface area contributed by atoms with Gasteiger partial charge in [0.05, 0.1) is 26.2 Å². The maximum Gasteiger partial charge on any atom is 0.280 e. The van der Waals surface area contributed by atoms with E-state index in [9.17, 15) is 38.9 Å². The van der Waals surface area contributed by atoms with Gasteiger partial charge in [-0.15, -0.1) is 0 Å². The van der Waals surface area contributed by atoms with Crippen LogP contribution in [0.3, 0.4) is 0 Å². The van der Waals surface area contributed by atoms with Crippen LogP contribution >= 0.6 is 15.9 Å². The van der Waals surface area contributed by atoms with Gasteiger partial charge in [-0.3, -0.25) is 24.3 Å². The minimum Gasteiger partial charge on any atom is -0.687 e. The van der Waals surface area contributed by atoms with Crippen molar-refractivity contribution in [3.05, 3.63) is 16.7 Å². The SMILES string of the molecule is Nc1nc2c(ncn2[C@H]2CN(C(=O)C[P+]([O-])([O-])O)C[C@@H]2C(=O)C[P+]([O-])([O-])[O-])c(=O)[nH]1. The molecule has 1 aliphatic rings. The molecule has 0 bridgehead atoms. The third kappa shape index (κ3) is 4.96. The summed E-state index contributed by atoms with van der Waals surface area (Å²) in [6.07, 6.45) is -1.42. The molecule has 4 N–H and O–H groups in total. The van der Waals surface area contributed by atoms with Gasteiger partial charge in [0.1, 0.15) is 6.16 Å². The van der Waals surface area contributed by atoms with E-state index in [1.165, 1.54) is 4.57 Å². The molecule has 17 heteroatoms. The zero-order valence-electron chi connectivity index (χ0n) is 15.0. The third-order valence-electron chi connectivity index (χ3n) is 4.55. The molecule has 0 radical (unpaired) electrons. The van der Waals surface area contributed by atoms with Crippen molar-refractivity contribution in [2.24, 2.45) is 5.92 Å². The molecule has 0 aromatic carbocycles. The predicted molar refractivity (Wildman–Crippen MR) is 92.5 cm³/mol. The maximum atomic E-state index is 12.5. The second-order valence-electron chi connectivity index (χ2n) is 6.78. The molecule has 1 amide bonds. The average Bonchev–Trinajstić information content (AvgIpc) is 3.15. The molecule has 164 valence electrons. The normalized spacial score (nSPS) is 20.1. The minimum atomic E-state index is -5.22. The third-order valence-corrected chi connectivity index (χ3v) is 5.92. The minimum absolute atomic E-state index is 0.0579. The number of hydrogen-bond donors (Lipinski definition) is 3. The number of amides is 1. The topological polar surface area (TPSA) is 262 Å². The van der Waals surface area contributed by atoms with Crippen LogP contribution in [0.2, 0.25) is 0 Å². The van der Waals surface area contributed by atoms with E-state index in [0.717, 1.165) is 11.2 Å². The van der Waals surface area contributed by atoms with E-state index in [2.05, 4.69) is 15.0 Å². The lowest BCUT2D eigenvalue weighted by molar-refractivity contribution is -0.426. The fourth-order valence-corrected chi connectivity index (χ4v) is 4.51. The van der Waals surface area contributed by atoms with Crippen molar-refractivity contribution < 1.29 is 38.9 Å². The number of aromatic amines is 1. The molecule has 0 saturated carbocycles. The number of carbonyl (C=O) groups excluding carboxylic acids is 2. The number of fused-ring (bicyclic) bond motifs is 1. The summed E-state index contributed by atoms with van der Waals surface area (Å²) < 4.78 is 1.23. The number of nitrogens with zero attached hydrogens (tertiary/aromatic N) is 4. The molecule has 0 unspecified atom stereocenters. The molecule has 2 aromatic rings. The van der Waals surface area contributed by atoms with E-state index in [-0.39, 0.29) is 23.7 Å². The van der Waals surface area contributed by atoms with Gasteiger partial charge in [-0.25, -0.2) is 4.98 Å². The van der Waals surface area contributed by atoms with E-state index in [4.69, 9.17) is 10.6 Å². The summed E-state index contributed by atoms with van der Waals surface area (Å²) in [7, 11) is -10.2. The molecule has 0 aliphatic carbocycles. The highest BCUT2D eigenvalue weighted by molar-refractivity contribution is 7.56. The van der Waals surface area contributed by atoms with Gasteiger partial charge in [0, 0.05) is 13.1 Å². The summed E-state index contributed by atoms with van der Waals surface area (Å²) in [6, 6.07) is -1.02. The first-order valence-corrected chi connectivity index (χ1v) is 11.8. The standard InChI is InChI=1S/C13H18N6O9P2/c14-13-16-11-10(12(22)17-13)15-5-19(11)7-2-18(9(21)4-30(26,27)28)1-6(7)8(20)3-29(23,24)25/h5-7H,1-4H2,(H2,23,24,25)(H2,26,27,28)(H3,14,16,17,22)/p-3/t6-,7-/m0/s1. The fraction of sp³-hybridized carbons (Fsp3) is 0.462. The molecule has 2 atom stereocenters. The summed E-state index contributed by atoms with van der Waals surface area (Å²) in [5.41, 5.74) is 4.64. The number of nitrogen functional groups attached to an aromatic ring is 1. The van der Waals surface area contributed by atoms with E-state index >= 15 is 0 Å². The Morgan fingerprint density at radius 1 is 1.23 bits per heavy atom. The average molecular weight is 461 g/mol. The number of carbonyl (C=O) groups is 2. The molecular formula is C13H15N6O9P2-3. The molecular weight excluding hydrogens is 446 g/mol. The Labute approximate surface area is 168 Å². The van der Waals surface area contributed by atoms with E-state index in [1.807, 2.05) is 0 Å². The lowest BCUT2D eigenvalue weighted by atomic mass is 9.99. The first kappa shape index (κ1) is 22.6. The molecule has 3 heterocycles. The van der Waals surface area contributed by atoms with Crippen LogP contribution in [0.4, 0.5) is 5.95 Å². The highest BCUT2D eigenvalue weighted by atomic mass is 31.2. The zero-order valence-corrected chi connectivity index (χ0v) is 16.8. The molecule has 2 aromatic heterocycles. The smallest absolute Gasteiger partial charge is 0.280 e. The Morgan fingerprint density at radius 3 is 2.50 bits per heavy atom. The van der Waals surface area contributed by atoms with E-state index in [0.29, 0.717) is 0 Å². The Hall–Kier alpha value is -2.09. The van der Waals surface area contributed by atoms with Gasteiger partial charge in [0.25, 0.3) is 11.5 Å². The van der Waals surface area contributed by atoms with Crippen LogP contribution in [-0.4, -0.2) is 66.4 Å². The van der Waals surface area contributed by atoms with Gasteiger partial charge in [-0.1, -0.05) is 0 Å². The number of imidazole rings is 1. The van der Waals surface area contributed by atoms with Crippen molar-refractivity contribution >= 4 is 44.7 Å². The van der Waals surface area contributed by atoms with Gasteiger partial charge < -0.3 is 39.7 Å². The number of H-pyrrole nitrogens is 1. The number of likely N-dealkylation sites (tertiary alicyclic amines) is 1. The van der Waals surface area contributed by atoms with Crippen LogP contribution < -0.4 is 35.8 Å². The first-order valence-electron chi connectivity index (χ1n) is 8.32. The van der Waals surface area contributed by atoms with Gasteiger partial charge in [0.15, 0.2) is 23.1 Å². The maximum absolute atomic E-state index is 12.5. The number of nitrogens with two attached hydrogens (primary N) is 1. The molecule has 30 heavy (non-hydrogen) atoms. The highest BCUT2D eigenvalue weighted by Crippen LogP contribution is 2.38. The predicted octanol–water partition coefficient (Wildman–Crippen LogP) is -6.41. The Kier molecular flexibility index (Phi) is 5.93. The van der Waals surface area contributed by atoms with Crippen LogP contribution in [-0.2, 0) is 9.59 Å². The summed E-state index contributed by atoms with van der Waals surface area (Å²) in [4.78, 5) is 112. The van der Waals surface area contributed by atoms with Crippen molar-refractivity contribution in [1.29, 1.82) is 0 Å². The Balaban J connectivity index is 2.00. The largest absolute Gasteiger partial charge is 0.687 e. The molecule has 15 nitrogen and oxygen atoms in total. The first-order chi connectivity index (χ1) is 13.7. The second-order valence-corrected chi connectivity index (χ2v) is 9.91. The van der Waals surface area contributed by atoms with Crippen molar-refractivity contribution in [1.82, 2.24) is 24.4 Å². The number of ketones is 1. The van der Waals surface area contributed by atoms with Crippen molar-refractivity contribution in [3.8, 4) is 0 Å². The Morgan fingerprint density at radius 2 is 1.90 bits per heavy atom. The van der Waals surface area contributed by atoms with Crippen LogP contribution in [0.15, 0.2) is 11.1 Å². The van der Waals surface area contributed by atoms with Crippen LogP contribution in [0, 0.1) is 5.92 Å². The number of Topliss-reactive ketones (excluding diaryl/α,β-unsaturated/α-hetero) is 1.